The minimum atomic E-state index is -0.201. The van der Waals surface area contributed by atoms with Crippen LogP contribution < -0.4 is 4.74 Å². The van der Waals surface area contributed by atoms with E-state index in [1.165, 1.54) is 0 Å². The molecule has 0 aliphatic carbocycles. The molecule has 0 aliphatic heterocycles. The maximum atomic E-state index is 6.30. The van der Waals surface area contributed by atoms with Crippen LogP contribution in [0.2, 0.25) is 5.22 Å². The largest absolute Gasteiger partial charge is 0.497 e. The monoisotopic (exact) mass is 270 g/mol. The third-order valence-corrected chi connectivity index (χ3v) is 3.23. The molecule has 1 heterocycles. The van der Waals surface area contributed by atoms with E-state index in [9.17, 15) is 0 Å². The molecule has 0 aliphatic rings. The van der Waals surface area contributed by atoms with Crippen molar-refractivity contribution in [2.24, 2.45) is 0 Å². The zero-order valence-corrected chi connectivity index (χ0v) is 10.8. The standard InChI is InChI=1S/C13H12Cl2O2/c1-16-10-4-2-3-9(7-10)8-12(14)11-5-6-17-13(11)15/h2-7,12H,8H2,1H3. The first-order chi connectivity index (χ1) is 8.20. The van der Waals surface area contributed by atoms with Gasteiger partial charge in [0.15, 0.2) is 5.22 Å². The highest BCUT2D eigenvalue weighted by Gasteiger charge is 2.15. The van der Waals surface area contributed by atoms with E-state index in [0.717, 1.165) is 16.9 Å². The normalized spacial score (nSPS) is 12.4. The van der Waals surface area contributed by atoms with E-state index in [1.807, 2.05) is 24.3 Å². The number of ether oxygens (including phenoxy) is 1. The maximum absolute atomic E-state index is 6.30. The summed E-state index contributed by atoms with van der Waals surface area (Å²) >= 11 is 12.2. The van der Waals surface area contributed by atoms with Crippen molar-refractivity contribution in [2.45, 2.75) is 11.8 Å². The third kappa shape index (κ3) is 2.96. The number of alkyl halides is 1. The molecule has 2 rings (SSSR count). The summed E-state index contributed by atoms with van der Waals surface area (Å²) in [5.74, 6) is 0.824. The Labute approximate surface area is 110 Å². The van der Waals surface area contributed by atoms with Crippen molar-refractivity contribution >= 4 is 23.2 Å². The third-order valence-electron chi connectivity index (χ3n) is 2.53. The molecular weight excluding hydrogens is 259 g/mol. The van der Waals surface area contributed by atoms with Crippen LogP contribution in [0.1, 0.15) is 16.5 Å². The van der Waals surface area contributed by atoms with Crippen molar-refractivity contribution in [1.82, 2.24) is 0 Å². The average Bonchev–Trinajstić information content (AvgIpc) is 2.76. The van der Waals surface area contributed by atoms with Gasteiger partial charge in [-0.3, -0.25) is 0 Å². The predicted molar refractivity (Wildman–Crippen MR) is 69.0 cm³/mol. The van der Waals surface area contributed by atoms with Crippen molar-refractivity contribution in [3.05, 3.63) is 52.9 Å². The van der Waals surface area contributed by atoms with Gasteiger partial charge in [0.05, 0.1) is 18.8 Å². The predicted octanol–water partition coefficient (Wildman–Crippen LogP) is 4.46. The molecule has 2 aromatic rings. The summed E-state index contributed by atoms with van der Waals surface area (Å²) in [5, 5.41) is 0.154. The van der Waals surface area contributed by atoms with Crippen molar-refractivity contribution in [1.29, 1.82) is 0 Å². The summed E-state index contributed by atoms with van der Waals surface area (Å²) in [6.07, 6.45) is 2.22. The lowest BCUT2D eigenvalue weighted by atomic mass is 10.1. The summed E-state index contributed by atoms with van der Waals surface area (Å²) < 4.78 is 10.2. The molecule has 17 heavy (non-hydrogen) atoms. The Kier molecular flexibility index (Phi) is 3.97. The van der Waals surface area contributed by atoms with Gasteiger partial charge in [0.25, 0.3) is 0 Å². The first kappa shape index (κ1) is 12.3. The molecular formula is C13H12Cl2O2. The molecule has 0 radical (unpaired) electrons. The molecule has 0 saturated carbocycles. The van der Waals surface area contributed by atoms with Crippen LogP contribution in [0.3, 0.4) is 0 Å². The van der Waals surface area contributed by atoms with Gasteiger partial charge >= 0.3 is 0 Å². The van der Waals surface area contributed by atoms with Crippen molar-refractivity contribution in [2.75, 3.05) is 7.11 Å². The van der Waals surface area contributed by atoms with E-state index in [4.69, 9.17) is 32.4 Å². The van der Waals surface area contributed by atoms with Gasteiger partial charge in [-0.25, -0.2) is 0 Å². The zero-order valence-electron chi connectivity index (χ0n) is 9.32. The highest BCUT2D eigenvalue weighted by Crippen LogP contribution is 2.32. The van der Waals surface area contributed by atoms with Gasteiger partial charge in [0, 0.05) is 5.56 Å². The van der Waals surface area contributed by atoms with Crippen molar-refractivity contribution in [3.8, 4) is 5.75 Å². The van der Waals surface area contributed by atoms with Gasteiger partial charge in [-0.15, -0.1) is 11.6 Å². The van der Waals surface area contributed by atoms with Gasteiger partial charge in [0.1, 0.15) is 5.75 Å². The summed E-state index contributed by atoms with van der Waals surface area (Å²) in [6, 6.07) is 9.60. The smallest absolute Gasteiger partial charge is 0.197 e. The second-order valence-corrected chi connectivity index (χ2v) is 4.54. The van der Waals surface area contributed by atoms with Crippen LogP contribution in [0, 0.1) is 0 Å². The molecule has 0 N–H and O–H groups in total. The van der Waals surface area contributed by atoms with Crippen LogP contribution in [-0.4, -0.2) is 7.11 Å². The Morgan fingerprint density at radius 2 is 2.18 bits per heavy atom. The quantitative estimate of drug-likeness (QED) is 0.766. The molecule has 1 aromatic heterocycles. The number of benzene rings is 1. The van der Waals surface area contributed by atoms with Gasteiger partial charge < -0.3 is 9.15 Å². The van der Waals surface area contributed by atoms with Crippen molar-refractivity contribution in [3.63, 3.8) is 0 Å². The van der Waals surface area contributed by atoms with E-state index in [1.54, 1.807) is 19.4 Å². The lowest BCUT2D eigenvalue weighted by molar-refractivity contribution is 0.414. The van der Waals surface area contributed by atoms with Gasteiger partial charge in [-0.05, 0) is 41.8 Å². The van der Waals surface area contributed by atoms with Crippen LogP contribution in [0.25, 0.3) is 0 Å². The Balaban J connectivity index is 2.13. The fourth-order valence-electron chi connectivity index (χ4n) is 1.64. The van der Waals surface area contributed by atoms with Crippen LogP contribution in [0.5, 0.6) is 5.75 Å². The zero-order chi connectivity index (χ0) is 12.3. The number of halogens is 2. The molecule has 1 aromatic carbocycles. The minimum Gasteiger partial charge on any atom is -0.497 e. The van der Waals surface area contributed by atoms with Crippen LogP contribution in [-0.2, 0) is 6.42 Å². The first-order valence-electron chi connectivity index (χ1n) is 5.20. The van der Waals surface area contributed by atoms with Crippen molar-refractivity contribution < 1.29 is 9.15 Å². The van der Waals surface area contributed by atoms with E-state index >= 15 is 0 Å². The molecule has 1 unspecified atom stereocenters. The van der Waals surface area contributed by atoms with Crippen LogP contribution in [0.15, 0.2) is 41.0 Å². The highest BCUT2D eigenvalue weighted by atomic mass is 35.5. The number of rotatable bonds is 4. The summed E-state index contributed by atoms with van der Waals surface area (Å²) in [5.41, 5.74) is 1.91. The van der Waals surface area contributed by atoms with E-state index in [2.05, 4.69) is 0 Å². The summed E-state index contributed by atoms with van der Waals surface area (Å²) in [4.78, 5) is 0. The van der Waals surface area contributed by atoms with Gasteiger partial charge in [-0.1, -0.05) is 12.1 Å². The molecule has 0 saturated heterocycles. The summed E-state index contributed by atoms with van der Waals surface area (Å²) in [7, 11) is 1.64. The lowest BCUT2D eigenvalue weighted by Gasteiger charge is -2.09. The molecule has 0 bridgehead atoms. The molecule has 2 nitrogen and oxygen atoms in total. The second kappa shape index (κ2) is 5.48. The molecule has 4 heteroatoms. The Hall–Kier alpha value is -1.12. The fraction of sp³-hybridized carbons (Fsp3) is 0.231. The fourth-order valence-corrected chi connectivity index (χ4v) is 2.30. The number of furan rings is 1. The first-order valence-corrected chi connectivity index (χ1v) is 6.02. The molecule has 0 amide bonds. The Morgan fingerprint density at radius 3 is 2.82 bits per heavy atom. The molecule has 90 valence electrons. The topological polar surface area (TPSA) is 22.4 Å². The Bertz CT molecular complexity index is 494. The van der Waals surface area contributed by atoms with Crippen LogP contribution in [0.4, 0.5) is 0 Å². The minimum absolute atomic E-state index is 0.201. The molecule has 0 fully saturated rings. The average molecular weight is 271 g/mol. The van der Waals surface area contributed by atoms with Gasteiger partial charge in [0.2, 0.25) is 0 Å². The SMILES string of the molecule is COc1cccc(CC(Cl)c2ccoc2Cl)c1. The lowest BCUT2D eigenvalue weighted by Crippen LogP contribution is -1.95. The molecule has 0 spiro atoms. The highest BCUT2D eigenvalue weighted by molar-refractivity contribution is 6.31. The second-order valence-electron chi connectivity index (χ2n) is 3.67. The van der Waals surface area contributed by atoms with Gasteiger partial charge in [-0.2, -0.15) is 0 Å². The van der Waals surface area contributed by atoms with E-state index in [0.29, 0.717) is 11.6 Å². The maximum Gasteiger partial charge on any atom is 0.197 e. The number of methoxy groups -OCH3 is 1. The summed E-state index contributed by atoms with van der Waals surface area (Å²) in [6.45, 7) is 0. The van der Waals surface area contributed by atoms with E-state index < -0.39 is 0 Å². The number of hydrogen-bond acceptors (Lipinski definition) is 2. The van der Waals surface area contributed by atoms with Crippen LogP contribution >= 0.6 is 23.2 Å². The number of hydrogen-bond donors (Lipinski definition) is 0. The molecule has 1 atom stereocenters. The van der Waals surface area contributed by atoms with E-state index in [-0.39, 0.29) is 5.38 Å². The Morgan fingerprint density at radius 1 is 1.35 bits per heavy atom.